The zero-order valence-electron chi connectivity index (χ0n) is 13.1. The van der Waals surface area contributed by atoms with Crippen LogP contribution < -0.4 is 5.32 Å². The van der Waals surface area contributed by atoms with E-state index in [4.69, 9.17) is 0 Å². The highest BCUT2D eigenvalue weighted by Gasteiger charge is 2.17. The number of benzene rings is 1. The first-order chi connectivity index (χ1) is 11.3. The van der Waals surface area contributed by atoms with Crippen LogP contribution in [0.1, 0.15) is 25.8 Å². The van der Waals surface area contributed by atoms with E-state index in [1.54, 1.807) is 10.9 Å². The van der Waals surface area contributed by atoms with Crippen molar-refractivity contribution in [2.24, 2.45) is 0 Å². The van der Waals surface area contributed by atoms with Gasteiger partial charge in [-0.05, 0) is 31.0 Å². The standard InChI is InChI=1S/C16H20N6O/c1-2-14(21-11-6-10-18-21)16(23)17-9-5-12-22-15-8-4-3-7-13(15)19-20-22/h3-4,6-8,10-11,14H,2,5,9,12H2,1H3,(H,17,23). The summed E-state index contributed by atoms with van der Waals surface area (Å²) in [6, 6.07) is 9.43. The van der Waals surface area contributed by atoms with Crippen LogP contribution in [0.15, 0.2) is 42.7 Å². The molecule has 1 N–H and O–H groups in total. The van der Waals surface area contributed by atoms with Gasteiger partial charge in [-0.3, -0.25) is 9.48 Å². The molecule has 120 valence electrons. The lowest BCUT2D eigenvalue weighted by Gasteiger charge is -2.15. The van der Waals surface area contributed by atoms with Crippen LogP contribution in [0.3, 0.4) is 0 Å². The maximum Gasteiger partial charge on any atom is 0.244 e. The maximum atomic E-state index is 12.2. The van der Waals surface area contributed by atoms with Gasteiger partial charge >= 0.3 is 0 Å². The van der Waals surface area contributed by atoms with E-state index in [0.29, 0.717) is 13.0 Å². The molecule has 0 aliphatic rings. The van der Waals surface area contributed by atoms with Gasteiger partial charge in [0, 0.05) is 25.5 Å². The van der Waals surface area contributed by atoms with Gasteiger partial charge in [-0.15, -0.1) is 5.10 Å². The highest BCUT2D eigenvalue weighted by atomic mass is 16.2. The molecule has 0 bridgehead atoms. The van der Waals surface area contributed by atoms with Crippen molar-refractivity contribution in [3.05, 3.63) is 42.7 Å². The fourth-order valence-electron chi connectivity index (χ4n) is 2.60. The Hall–Kier alpha value is -2.70. The number of carbonyl (C=O) groups excluding carboxylic acids is 1. The lowest BCUT2D eigenvalue weighted by Crippen LogP contribution is -2.33. The second-order valence-corrected chi connectivity index (χ2v) is 5.36. The van der Waals surface area contributed by atoms with Gasteiger partial charge in [-0.2, -0.15) is 5.10 Å². The SMILES string of the molecule is CCC(C(=O)NCCCn1nnc2ccccc21)n1cccn1. The Morgan fingerprint density at radius 1 is 1.30 bits per heavy atom. The number of aryl methyl sites for hydroxylation is 1. The average molecular weight is 312 g/mol. The Kier molecular flexibility index (Phi) is 4.65. The zero-order valence-corrected chi connectivity index (χ0v) is 13.1. The first-order valence-electron chi connectivity index (χ1n) is 7.84. The highest BCUT2D eigenvalue weighted by molar-refractivity contribution is 5.80. The smallest absolute Gasteiger partial charge is 0.244 e. The number of hydrogen-bond acceptors (Lipinski definition) is 4. The topological polar surface area (TPSA) is 77.6 Å². The molecular formula is C16H20N6O. The van der Waals surface area contributed by atoms with Crippen molar-refractivity contribution in [1.82, 2.24) is 30.1 Å². The van der Waals surface area contributed by atoms with Crippen LogP contribution in [0.2, 0.25) is 0 Å². The van der Waals surface area contributed by atoms with Gasteiger partial charge in [0.05, 0.1) is 5.52 Å². The second kappa shape index (κ2) is 7.04. The lowest BCUT2D eigenvalue weighted by atomic mass is 10.2. The Morgan fingerprint density at radius 2 is 2.17 bits per heavy atom. The Labute approximate surface area is 134 Å². The Balaban J connectivity index is 1.50. The minimum absolute atomic E-state index is 0.000326. The van der Waals surface area contributed by atoms with Crippen LogP contribution in [0.25, 0.3) is 11.0 Å². The second-order valence-electron chi connectivity index (χ2n) is 5.36. The monoisotopic (exact) mass is 312 g/mol. The predicted molar refractivity (Wildman–Crippen MR) is 86.7 cm³/mol. The molecule has 3 aromatic rings. The minimum atomic E-state index is -0.253. The predicted octanol–water partition coefficient (Wildman–Crippen LogP) is 1.79. The Morgan fingerprint density at radius 3 is 2.96 bits per heavy atom. The van der Waals surface area contributed by atoms with Crippen LogP contribution in [0, 0.1) is 0 Å². The molecule has 1 aromatic carbocycles. The van der Waals surface area contributed by atoms with Crippen molar-refractivity contribution in [2.45, 2.75) is 32.4 Å². The molecule has 1 unspecified atom stereocenters. The molecule has 7 nitrogen and oxygen atoms in total. The van der Waals surface area contributed by atoms with Gasteiger partial charge in [-0.25, -0.2) is 4.68 Å². The number of rotatable bonds is 7. The normalized spacial score (nSPS) is 12.4. The van der Waals surface area contributed by atoms with E-state index in [9.17, 15) is 4.79 Å². The van der Waals surface area contributed by atoms with Crippen LogP contribution in [0.4, 0.5) is 0 Å². The van der Waals surface area contributed by atoms with E-state index in [2.05, 4.69) is 20.7 Å². The van der Waals surface area contributed by atoms with Crippen molar-refractivity contribution >= 4 is 16.9 Å². The summed E-state index contributed by atoms with van der Waals surface area (Å²) in [5, 5.41) is 15.4. The molecular weight excluding hydrogens is 292 g/mol. The summed E-state index contributed by atoms with van der Waals surface area (Å²) in [6.45, 7) is 3.30. The number of para-hydroxylation sites is 1. The molecule has 0 radical (unpaired) electrons. The quantitative estimate of drug-likeness (QED) is 0.675. The molecule has 3 rings (SSSR count). The molecule has 0 aliphatic heterocycles. The summed E-state index contributed by atoms with van der Waals surface area (Å²) >= 11 is 0. The third-order valence-electron chi connectivity index (χ3n) is 3.80. The first-order valence-corrected chi connectivity index (χ1v) is 7.84. The van der Waals surface area contributed by atoms with Gasteiger partial charge < -0.3 is 5.32 Å². The zero-order chi connectivity index (χ0) is 16.1. The molecule has 0 fully saturated rings. The largest absolute Gasteiger partial charge is 0.354 e. The molecule has 23 heavy (non-hydrogen) atoms. The lowest BCUT2D eigenvalue weighted by molar-refractivity contribution is -0.124. The Bertz CT molecular complexity index is 764. The third kappa shape index (κ3) is 3.39. The molecule has 0 saturated carbocycles. The van der Waals surface area contributed by atoms with Crippen LogP contribution in [0.5, 0.6) is 0 Å². The van der Waals surface area contributed by atoms with E-state index < -0.39 is 0 Å². The van der Waals surface area contributed by atoms with E-state index in [1.165, 1.54) is 0 Å². The number of nitrogens with one attached hydrogen (secondary N) is 1. The van der Waals surface area contributed by atoms with Gasteiger partial charge in [0.15, 0.2) is 0 Å². The average Bonchev–Trinajstić information content (AvgIpc) is 3.22. The number of aromatic nitrogens is 5. The van der Waals surface area contributed by atoms with Crippen molar-refractivity contribution in [3.63, 3.8) is 0 Å². The molecule has 0 aliphatic carbocycles. The molecule has 2 aromatic heterocycles. The molecule has 2 heterocycles. The highest BCUT2D eigenvalue weighted by Crippen LogP contribution is 2.11. The summed E-state index contributed by atoms with van der Waals surface area (Å²) < 4.78 is 3.56. The number of fused-ring (bicyclic) bond motifs is 1. The van der Waals surface area contributed by atoms with Gasteiger partial charge in [0.1, 0.15) is 11.6 Å². The van der Waals surface area contributed by atoms with E-state index in [0.717, 1.165) is 24.0 Å². The maximum absolute atomic E-state index is 12.2. The molecule has 1 atom stereocenters. The van der Waals surface area contributed by atoms with E-state index >= 15 is 0 Å². The van der Waals surface area contributed by atoms with Crippen molar-refractivity contribution in [3.8, 4) is 0 Å². The summed E-state index contributed by atoms with van der Waals surface area (Å²) in [5.74, 6) is -0.000326. The van der Waals surface area contributed by atoms with Gasteiger partial charge in [-0.1, -0.05) is 24.3 Å². The van der Waals surface area contributed by atoms with Crippen LogP contribution in [-0.2, 0) is 11.3 Å². The molecule has 0 spiro atoms. The number of nitrogens with zero attached hydrogens (tertiary/aromatic N) is 5. The van der Waals surface area contributed by atoms with Crippen LogP contribution >= 0.6 is 0 Å². The fraction of sp³-hybridized carbons (Fsp3) is 0.375. The van der Waals surface area contributed by atoms with Gasteiger partial charge in [0.25, 0.3) is 0 Å². The van der Waals surface area contributed by atoms with E-state index in [-0.39, 0.29) is 11.9 Å². The number of amides is 1. The van der Waals surface area contributed by atoms with Gasteiger partial charge in [0.2, 0.25) is 5.91 Å². The van der Waals surface area contributed by atoms with Crippen molar-refractivity contribution in [2.75, 3.05) is 6.54 Å². The summed E-state index contributed by atoms with van der Waals surface area (Å²) in [6.07, 6.45) is 5.01. The molecule has 1 amide bonds. The van der Waals surface area contributed by atoms with Crippen molar-refractivity contribution in [1.29, 1.82) is 0 Å². The minimum Gasteiger partial charge on any atom is -0.354 e. The molecule has 7 heteroatoms. The fourth-order valence-corrected chi connectivity index (χ4v) is 2.60. The number of carbonyl (C=O) groups is 1. The number of hydrogen-bond donors (Lipinski definition) is 1. The van der Waals surface area contributed by atoms with Crippen molar-refractivity contribution < 1.29 is 4.79 Å². The third-order valence-corrected chi connectivity index (χ3v) is 3.80. The van der Waals surface area contributed by atoms with Crippen LogP contribution in [-0.4, -0.2) is 37.2 Å². The summed E-state index contributed by atoms with van der Waals surface area (Å²) in [5.41, 5.74) is 1.91. The summed E-state index contributed by atoms with van der Waals surface area (Å²) in [4.78, 5) is 12.2. The van der Waals surface area contributed by atoms with E-state index in [1.807, 2.05) is 48.1 Å². The summed E-state index contributed by atoms with van der Waals surface area (Å²) in [7, 11) is 0. The first kappa shape index (κ1) is 15.2. The molecule has 0 saturated heterocycles.